The molecule has 0 amide bonds. The van der Waals surface area contributed by atoms with Gasteiger partial charge in [0.15, 0.2) is 5.78 Å². The third-order valence-electron chi connectivity index (χ3n) is 9.61. The van der Waals surface area contributed by atoms with E-state index in [9.17, 15) is 27.6 Å². The number of esters is 1. The molecule has 12 heteroatoms. The van der Waals surface area contributed by atoms with E-state index >= 15 is 0 Å². The Morgan fingerprint density at radius 3 is 2.36 bits per heavy atom. The first-order valence-electron chi connectivity index (χ1n) is 16.7. The molecule has 2 saturated carbocycles. The second-order valence-electron chi connectivity index (χ2n) is 14.3. The number of aromatic nitrogens is 3. The van der Waals surface area contributed by atoms with Gasteiger partial charge in [-0.3, -0.25) is 14.4 Å². The Labute approximate surface area is 274 Å². The lowest BCUT2D eigenvalue weighted by Crippen LogP contribution is -2.36. The lowest BCUT2D eigenvalue weighted by Gasteiger charge is -2.24. The standard InChI is InChI=1S/C35H44F3N3O5Si/c1-47(2,3)20-19-46-34(44)31-25(22-41-33(43)29-21-26(35(36,37)38)12-16-30(29)39-40-41)11-15-28(31)32(42)24-9-13-27(14-10-24)45-18-17-23-7-5-4-6-8-23/h9-10,12-14,16,21,23,25,28,31H,4-8,11,15,17-20,22H2,1-3H3. The Hall–Kier alpha value is -3.54. The number of benzene rings is 2. The lowest BCUT2D eigenvalue weighted by molar-refractivity contribution is -0.150. The molecule has 1 aromatic heterocycles. The molecule has 0 spiro atoms. The van der Waals surface area contributed by atoms with Crippen molar-refractivity contribution in [1.29, 1.82) is 0 Å². The number of ketones is 1. The monoisotopic (exact) mass is 671 g/mol. The Morgan fingerprint density at radius 2 is 1.68 bits per heavy atom. The normalized spacial score (nSPS) is 20.8. The number of hydrogen-bond donors (Lipinski definition) is 0. The molecule has 0 aliphatic heterocycles. The fraction of sp³-hybridized carbons (Fsp3) is 0.571. The minimum atomic E-state index is -4.63. The van der Waals surface area contributed by atoms with Crippen LogP contribution < -0.4 is 10.3 Å². The van der Waals surface area contributed by atoms with Crippen LogP contribution in [0, 0.1) is 23.7 Å². The second-order valence-corrected chi connectivity index (χ2v) is 19.9. The fourth-order valence-corrected chi connectivity index (χ4v) is 7.55. The maximum absolute atomic E-state index is 13.9. The van der Waals surface area contributed by atoms with Crippen LogP contribution >= 0.6 is 0 Å². The van der Waals surface area contributed by atoms with Crippen LogP contribution in [0.5, 0.6) is 5.75 Å². The van der Waals surface area contributed by atoms with Crippen molar-refractivity contribution in [2.45, 2.75) is 89.8 Å². The maximum Gasteiger partial charge on any atom is 0.416 e. The van der Waals surface area contributed by atoms with Crippen molar-refractivity contribution < 1.29 is 32.2 Å². The summed E-state index contributed by atoms with van der Waals surface area (Å²) < 4.78 is 52.8. The van der Waals surface area contributed by atoms with Gasteiger partial charge in [-0.25, -0.2) is 4.68 Å². The van der Waals surface area contributed by atoms with Crippen LogP contribution in [0.1, 0.15) is 67.3 Å². The number of alkyl halides is 3. The van der Waals surface area contributed by atoms with Crippen molar-refractivity contribution in [2.75, 3.05) is 13.2 Å². The molecule has 0 radical (unpaired) electrons. The lowest BCUT2D eigenvalue weighted by atomic mass is 9.84. The molecule has 2 aromatic carbocycles. The first-order chi connectivity index (χ1) is 22.3. The van der Waals surface area contributed by atoms with Crippen molar-refractivity contribution >= 4 is 30.7 Å². The number of carbonyl (C=O) groups is 2. The van der Waals surface area contributed by atoms with Gasteiger partial charge in [0, 0.05) is 19.6 Å². The highest BCUT2D eigenvalue weighted by atomic mass is 28.3. The number of halogens is 3. The summed E-state index contributed by atoms with van der Waals surface area (Å²) in [7, 11) is -1.51. The van der Waals surface area contributed by atoms with Crippen molar-refractivity contribution in [3.05, 3.63) is 63.9 Å². The number of nitrogens with zero attached hydrogens (tertiary/aromatic N) is 3. The number of hydrogen-bond acceptors (Lipinski definition) is 7. The number of rotatable bonds is 12. The molecule has 3 aromatic rings. The highest BCUT2D eigenvalue weighted by Gasteiger charge is 2.46. The summed E-state index contributed by atoms with van der Waals surface area (Å²) in [6, 6.07) is 10.5. The molecular formula is C35H44F3N3O5Si. The molecular weight excluding hydrogens is 627 g/mol. The van der Waals surface area contributed by atoms with Crippen molar-refractivity contribution in [1.82, 2.24) is 15.0 Å². The molecule has 5 rings (SSSR count). The van der Waals surface area contributed by atoms with E-state index in [0.717, 1.165) is 35.3 Å². The minimum Gasteiger partial charge on any atom is -0.494 e. The molecule has 2 fully saturated rings. The van der Waals surface area contributed by atoms with Gasteiger partial charge in [0.1, 0.15) is 11.3 Å². The number of ether oxygens (including phenoxy) is 2. The van der Waals surface area contributed by atoms with E-state index in [-0.39, 0.29) is 29.8 Å². The van der Waals surface area contributed by atoms with Gasteiger partial charge in [-0.1, -0.05) is 57.0 Å². The van der Waals surface area contributed by atoms with E-state index in [4.69, 9.17) is 9.47 Å². The van der Waals surface area contributed by atoms with E-state index in [1.54, 1.807) is 24.3 Å². The Kier molecular flexibility index (Phi) is 10.9. The summed E-state index contributed by atoms with van der Waals surface area (Å²) in [5.41, 5.74) is -1.20. The molecule has 3 unspecified atom stereocenters. The highest BCUT2D eigenvalue weighted by molar-refractivity contribution is 6.76. The summed E-state index contributed by atoms with van der Waals surface area (Å²) in [6.45, 7) is 7.30. The average molecular weight is 672 g/mol. The van der Waals surface area contributed by atoms with E-state index in [1.165, 1.54) is 32.1 Å². The number of Topliss-reactive ketones (excluding diaryl/α,β-unsaturated/α-hetero) is 1. The first kappa shape index (κ1) is 34.8. The van der Waals surface area contributed by atoms with E-state index < -0.39 is 49.1 Å². The average Bonchev–Trinajstić information content (AvgIpc) is 3.45. The molecule has 254 valence electrons. The van der Waals surface area contributed by atoms with Crippen LogP contribution in [0.3, 0.4) is 0 Å². The van der Waals surface area contributed by atoms with Gasteiger partial charge in [0.25, 0.3) is 5.56 Å². The summed E-state index contributed by atoms with van der Waals surface area (Å²) >= 11 is 0. The van der Waals surface area contributed by atoms with Gasteiger partial charge >= 0.3 is 12.1 Å². The quantitative estimate of drug-likeness (QED) is 0.111. The molecule has 0 saturated heterocycles. The Balaban J connectivity index is 1.32. The number of carbonyl (C=O) groups excluding carboxylic acids is 2. The molecule has 0 N–H and O–H groups in total. The summed E-state index contributed by atoms with van der Waals surface area (Å²) in [5, 5.41) is 7.72. The molecule has 3 atom stereocenters. The van der Waals surface area contributed by atoms with Gasteiger partial charge in [0.2, 0.25) is 0 Å². The van der Waals surface area contributed by atoms with Crippen LogP contribution in [0.15, 0.2) is 47.3 Å². The molecule has 8 nitrogen and oxygen atoms in total. The zero-order chi connectivity index (χ0) is 33.8. The first-order valence-corrected chi connectivity index (χ1v) is 20.4. The highest BCUT2D eigenvalue weighted by Crippen LogP contribution is 2.41. The van der Waals surface area contributed by atoms with Crippen LogP contribution in [0.2, 0.25) is 25.7 Å². The van der Waals surface area contributed by atoms with Gasteiger partial charge in [0.05, 0.1) is 36.6 Å². The van der Waals surface area contributed by atoms with Gasteiger partial charge in [-0.05, 0) is 79.6 Å². The third kappa shape index (κ3) is 8.88. The van der Waals surface area contributed by atoms with Crippen LogP contribution in [0.4, 0.5) is 13.2 Å². The van der Waals surface area contributed by atoms with Crippen molar-refractivity contribution in [3.63, 3.8) is 0 Å². The van der Waals surface area contributed by atoms with Gasteiger partial charge in [-0.15, -0.1) is 5.10 Å². The zero-order valence-corrected chi connectivity index (χ0v) is 28.4. The predicted octanol–water partition coefficient (Wildman–Crippen LogP) is 7.57. The summed E-state index contributed by atoms with van der Waals surface area (Å²) in [5.74, 6) is -1.34. The van der Waals surface area contributed by atoms with E-state index in [1.807, 2.05) is 0 Å². The topological polar surface area (TPSA) is 100 Å². The molecule has 47 heavy (non-hydrogen) atoms. The third-order valence-corrected chi connectivity index (χ3v) is 11.3. The summed E-state index contributed by atoms with van der Waals surface area (Å²) in [4.78, 5) is 40.7. The summed E-state index contributed by atoms with van der Waals surface area (Å²) in [6.07, 6.45) is 3.60. The minimum absolute atomic E-state index is 0.0439. The molecule has 0 bridgehead atoms. The van der Waals surface area contributed by atoms with Crippen molar-refractivity contribution in [2.24, 2.45) is 23.7 Å². The smallest absolute Gasteiger partial charge is 0.416 e. The van der Waals surface area contributed by atoms with Crippen molar-refractivity contribution in [3.8, 4) is 5.75 Å². The second kappa shape index (κ2) is 14.7. The molecule has 1 heterocycles. The zero-order valence-electron chi connectivity index (χ0n) is 27.4. The SMILES string of the molecule is C[Si](C)(C)CCOC(=O)C1C(Cn2nnc3ccc(C(F)(F)F)cc3c2=O)CCC1C(=O)c1ccc(OCCC2CCCCC2)cc1. The van der Waals surface area contributed by atoms with Crippen LogP contribution in [0.25, 0.3) is 10.9 Å². The number of fused-ring (bicyclic) bond motifs is 1. The predicted molar refractivity (Wildman–Crippen MR) is 175 cm³/mol. The van der Waals surface area contributed by atoms with E-state index in [2.05, 4.69) is 30.0 Å². The molecule has 2 aliphatic rings. The van der Waals surface area contributed by atoms with Crippen LogP contribution in [-0.2, 0) is 22.3 Å². The Bertz CT molecular complexity index is 1610. The van der Waals surface area contributed by atoms with Gasteiger partial charge in [-0.2, -0.15) is 13.2 Å². The molecule has 2 aliphatic carbocycles. The van der Waals surface area contributed by atoms with Crippen LogP contribution in [-0.4, -0.2) is 48.0 Å². The van der Waals surface area contributed by atoms with E-state index in [0.29, 0.717) is 36.7 Å². The Morgan fingerprint density at radius 1 is 0.957 bits per heavy atom. The van der Waals surface area contributed by atoms with Gasteiger partial charge < -0.3 is 9.47 Å². The fourth-order valence-electron chi connectivity index (χ4n) is 6.83. The maximum atomic E-state index is 13.9. The largest absolute Gasteiger partial charge is 0.494 e.